The molecule has 0 unspecified atom stereocenters. The van der Waals surface area contributed by atoms with Crippen LogP contribution in [-0.4, -0.2) is 0 Å². The van der Waals surface area contributed by atoms with Gasteiger partial charge in [-0.15, -0.1) is 11.3 Å². The lowest BCUT2D eigenvalue weighted by atomic mass is 9.97. The molecule has 0 amide bonds. The zero-order valence-corrected chi connectivity index (χ0v) is 9.35. The fraction of sp³-hybridized carbons (Fsp3) is 0.308. The molecule has 1 aliphatic rings. The van der Waals surface area contributed by atoms with Gasteiger partial charge in [0.25, 0.3) is 0 Å². The van der Waals surface area contributed by atoms with Crippen LogP contribution in [0.15, 0.2) is 34.1 Å². The molecule has 1 nitrogen and oxygen atoms in total. The molecule has 0 radical (unpaired) electrons. The van der Waals surface area contributed by atoms with Crippen LogP contribution in [-0.2, 0) is 12.8 Å². The van der Waals surface area contributed by atoms with E-state index in [9.17, 15) is 0 Å². The molecule has 1 aliphatic carbocycles. The molecular weight excluding hydrogens is 204 g/mol. The highest BCUT2D eigenvalue weighted by Crippen LogP contribution is 2.29. The van der Waals surface area contributed by atoms with Crippen molar-refractivity contribution >= 4 is 11.3 Å². The summed E-state index contributed by atoms with van der Waals surface area (Å²) < 4.78 is 5.95. The molecule has 76 valence electrons. The summed E-state index contributed by atoms with van der Waals surface area (Å²) in [5.74, 6) is 2.22. The lowest BCUT2D eigenvalue weighted by Gasteiger charge is -2.06. The van der Waals surface area contributed by atoms with Crippen molar-refractivity contribution in [2.45, 2.75) is 25.7 Å². The number of thiophene rings is 1. The van der Waals surface area contributed by atoms with Crippen molar-refractivity contribution in [3.63, 3.8) is 0 Å². The van der Waals surface area contributed by atoms with E-state index in [1.54, 1.807) is 11.3 Å². The molecule has 0 spiro atoms. The minimum absolute atomic E-state index is 1.02. The Kier molecular flexibility index (Phi) is 2.29. The van der Waals surface area contributed by atoms with E-state index in [1.807, 2.05) is 0 Å². The molecule has 3 rings (SSSR count). The van der Waals surface area contributed by atoms with E-state index < -0.39 is 0 Å². The normalized spacial score (nSPS) is 14.9. The first-order valence-corrected chi connectivity index (χ1v) is 6.30. The third kappa shape index (κ3) is 1.70. The molecule has 2 heteroatoms. The molecule has 2 aromatic rings. The van der Waals surface area contributed by atoms with Crippen LogP contribution in [0.3, 0.4) is 0 Å². The standard InChI is InChI=1S/C13H13OS/c1-2-5-11-10(4-1)7-8-12(14-11)13-6-3-9-15-13/h3,6-9H,1-2,4-5H2/q+1. The SMILES string of the molecule is c1csc(-c2ccc3c([o+]2)CCCC3)c1. The van der Waals surface area contributed by atoms with Crippen molar-refractivity contribution in [2.24, 2.45) is 0 Å². The van der Waals surface area contributed by atoms with Crippen LogP contribution in [0.2, 0.25) is 0 Å². The van der Waals surface area contributed by atoms with Crippen molar-refractivity contribution < 1.29 is 4.42 Å². The molecular formula is C13H13OS+. The second kappa shape index (κ2) is 3.78. The number of fused-ring (bicyclic) bond motifs is 1. The van der Waals surface area contributed by atoms with E-state index in [0.717, 1.165) is 12.2 Å². The van der Waals surface area contributed by atoms with Gasteiger partial charge in [-0.2, -0.15) is 0 Å². The summed E-state index contributed by atoms with van der Waals surface area (Å²) in [7, 11) is 0. The van der Waals surface area contributed by atoms with E-state index in [-0.39, 0.29) is 0 Å². The number of aryl methyl sites for hydroxylation is 2. The Morgan fingerprint density at radius 3 is 2.87 bits per heavy atom. The first-order valence-electron chi connectivity index (χ1n) is 5.42. The maximum atomic E-state index is 5.95. The molecule has 2 aromatic heterocycles. The lowest BCUT2D eigenvalue weighted by Crippen LogP contribution is -2.01. The van der Waals surface area contributed by atoms with Crippen molar-refractivity contribution in [2.75, 3.05) is 0 Å². The van der Waals surface area contributed by atoms with Crippen LogP contribution in [0.25, 0.3) is 10.6 Å². The molecule has 0 bridgehead atoms. The molecule has 0 atom stereocenters. The monoisotopic (exact) mass is 217 g/mol. The van der Waals surface area contributed by atoms with E-state index >= 15 is 0 Å². The van der Waals surface area contributed by atoms with E-state index in [4.69, 9.17) is 4.42 Å². The summed E-state index contributed by atoms with van der Waals surface area (Å²) in [5.41, 5.74) is 1.40. The van der Waals surface area contributed by atoms with Gasteiger partial charge in [0.15, 0.2) is 0 Å². The Labute approximate surface area is 93.4 Å². The minimum atomic E-state index is 1.02. The summed E-state index contributed by atoms with van der Waals surface area (Å²) >= 11 is 1.73. The predicted octanol–water partition coefficient (Wildman–Crippen LogP) is 4.17. The molecule has 0 fully saturated rings. The van der Waals surface area contributed by atoms with Crippen LogP contribution >= 0.6 is 11.3 Å². The lowest BCUT2D eigenvalue weighted by molar-refractivity contribution is 0.466. The molecule has 0 saturated heterocycles. The Hall–Kier alpha value is -1.15. The van der Waals surface area contributed by atoms with Gasteiger partial charge in [-0.3, -0.25) is 0 Å². The predicted molar refractivity (Wildman–Crippen MR) is 63.1 cm³/mol. The molecule has 0 aromatic carbocycles. The maximum Gasteiger partial charge on any atom is 0.370 e. The summed E-state index contributed by atoms with van der Waals surface area (Å²) in [6, 6.07) is 8.51. The summed E-state index contributed by atoms with van der Waals surface area (Å²) in [6.07, 6.45) is 4.86. The average molecular weight is 217 g/mol. The third-order valence-corrected chi connectivity index (χ3v) is 3.78. The van der Waals surface area contributed by atoms with Gasteiger partial charge < -0.3 is 0 Å². The second-order valence-electron chi connectivity index (χ2n) is 3.93. The zero-order valence-electron chi connectivity index (χ0n) is 8.53. The average Bonchev–Trinajstić information content (AvgIpc) is 2.82. The quantitative estimate of drug-likeness (QED) is 0.652. The van der Waals surface area contributed by atoms with Crippen molar-refractivity contribution in [3.05, 3.63) is 41.0 Å². The topological polar surface area (TPSA) is 11.3 Å². The smallest absolute Gasteiger partial charge is 0.211 e. The Bertz CT molecular complexity index is 459. The molecule has 0 N–H and O–H groups in total. The second-order valence-corrected chi connectivity index (χ2v) is 4.88. The summed E-state index contributed by atoms with van der Waals surface area (Å²) in [6.45, 7) is 0. The van der Waals surface area contributed by atoms with E-state index in [0.29, 0.717) is 0 Å². The Morgan fingerprint density at radius 2 is 2.00 bits per heavy atom. The van der Waals surface area contributed by atoms with Crippen LogP contribution in [0.4, 0.5) is 0 Å². The van der Waals surface area contributed by atoms with Crippen LogP contribution in [0.5, 0.6) is 0 Å². The number of hydrogen-bond donors (Lipinski definition) is 0. The maximum absolute atomic E-state index is 5.95. The van der Waals surface area contributed by atoms with Gasteiger partial charge >= 0.3 is 11.5 Å². The summed E-state index contributed by atoms with van der Waals surface area (Å²) in [5, 5.41) is 2.09. The van der Waals surface area contributed by atoms with Gasteiger partial charge in [-0.25, -0.2) is 4.42 Å². The summed E-state index contributed by atoms with van der Waals surface area (Å²) in [4.78, 5) is 1.23. The number of rotatable bonds is 1. The molecule has 15 heavy (non-hydrogen) atoms. The van der Waals surface area contributed by atoms with Crippen LogP contribution < -0.4 is 0 Å². The highest BCUT2D eigenvalue weighted by molar-refractivity contribution is 7.13. The van der Waals surface area contributed by atoms with E-state index in [2.05, 4.69) is 29.6 Å². The van der Waals surface area contributed by atoms with Gasteiger partial charge in [0.2, 0.25) is 0 Å². The van der Waals surface area contributed by atoms with Gasteiger partial charge in [0, 0.05) is 6.07 Å². The Morgan fingerprint density at radius 1 is 1.07 bits per heavy atom. The highest BCUT2D eigenvalue weighted by Gasteiger charge is 2.23. The van der Waals surface area contributed by atoms with Crippen molar-refractivity contribution in [3.8, 4) is 10.6 Å². The van der Waals surface area contributed by atoms with Crippen LogP contribution in [0.1, 0.15) is 24.2 Å². The molecule has 2 heterocycles. The Balaban J connectivity index is 2.04. The first kappa shape index (κ1) is 9.10. The van der Waals surface area contributed by atoms with Gasteiger partial charge in [0.05, 0.1) is 12.0 Å². The fourth-order valence-electron chi connectivity index (χ4n) is 2.09. The van der Waals surface area contributed by atoms with Gasteiger partial charge in [-0.1, -0.05) is 6.07 Å². The van der Waals surface area contributed by atoms with E-state index in [1.165, 1.54) is 35.5 Å². The fourth-order valence-corrected chi connectivity index (χ4v) is 2.77. The van der Waals surface area contributed by atoms with Gasteiger partial charge in [0.1, 0.15) is 4.88 Å². The zero-order chi connectivity index (χ0) is 10.1. The van der Waals surface area contributed by atoms with Crippen molar-refractivity contribution in [1.82, 2.24) is 0 Å². The first-order chi connectivity index (χ1) is 7.43. The third-order valence-electron chi connectivity index (χ3n) is 2.89. The highest BCUT2D eigenvalue weighted by atomic mass is 32.1. The molecule has 0 saturated carbocycles. The minimum Gasteiger partial charge on any atom is -0.211 e. The van der Waals surface area contributed by atoms with Crippen molar-refractivity contribution in [1.29, 1.82) is 0 Å². The number of hydrogen-bond acceptors (Lipinski definition) is 1. The van der Waals surface area contributed by atoms with Gasteiger partial charge in [-0.05, 0) is 36.8 Å². The molecule has 0 aliphatic heterocycles. The largest absolute Gasteiger partial charge is 0.370 e. The van der Waals surface area contributed by atoms with Crippen LogP contribution in [0, 0.1) is 0 Å².